The molecule has 0 spiro atoms. The van der Waals surface area contributed by atoms with Gasteiger partial charge in [0, 0.05) is 24.9 Å². The van der Waals surface area contributed by atoms with Crippen LogP contribution in [0.1, 0.15) is 37.1 Å². The summed E-state index contributed by atoms with van der Waals surface area (Å²) < 4.78 is 28.1. The Labute approximate surface area is 108 Å². The Kier molecular flexibility index (Phi) is 4.07. The van der Waals surface area contributed by atoms with Crippen molar-refractivity contribution in [3.63, 3.8) is 0 Å². The van der Waals surface area contributed by atoms with Crippen molar-refractivity contribution in [2.75, 3.05) is 6.26 Å². The lowest BCUT2D eigenvalue weighted by atomic mass is 9.95. The van der Waals surface area contributed by atoms with Gasteiger partial charge in [-0.1, -0.05) is 11.6 Å². The molecule has 2 atom stereocenters. The predicted molar refractivity (Wildman–Crippen MR) is 69.0 cm³/mol. The highest BCUT2D eigenvalue weighted by Crippen LogP contribution is 2.24. The first-order valence-electron chi connectivity index (χ1n) is 6.29. The monoisotopic (exact) mass is 272 g/mol. The lowest BCUT2D eigenvalue weighted by Gasteiger charge is -2.28. The summed E-state index contributed by atoms with van der Waals surface area (Å²) >= 11 is 0. The molecule has 1 heterocycles. The molecule has 1 fully saturated rings. The molecule has 1 aromatic heterocycles. The Morgan fingerprint density at radius 1 is 1.50 bits per heavy atom. The van der Waals surface area contributed by atoms with Crippen molar-refractivity contribution in [1.29, 1.82) is 0 Å². The van der Waals surface area contributed by atoms with Crippen molar-refractivity contribution >= 4 is 9.84 Å². The largest absolute Gasteiger partial charge is 0.361 e. The zero-order valence-corrected chi connectivity index (χ0v) is 11.7. The predicted octanol–water partition coefficient (Wildman–Crippen LogP) is 1.43. The van der Waals surface area contributed by atoms with Gasteiger partial charge in [0.1, 0.15) is 15.6 Å². The molecule has 0 aromatic carbocycles. The summed E-state index contributed by atoms with van der Waals surface area (Å²) in [5, 5.41) is 7.09. The summed E-state index contributed by atoms with van der Waals surface area (Å²) in [6, 6.07) is 2.15. The number of hydrogen-bond acceptors (Lipinski definition) is 5. The molecular weight excluding hydrogens is 252 g/mol. The highest BCUT2D eigenvalue weighted by Gasteiger charge is 2.28. The van der Waals surface area contributed by atoms with E-state index in [1.807, 2.05) is 13.0 Å². The molecule has 0 amide bonds. The number of sulfone groups is 1. The van der Waals surface area contributed by atoms with Crippen LogP contribution in [0.4, 0.5) is 0 Å². The topological polar surface area (TPSA) is 72.2 Å². The minimum Gasteiger partial charge on any atom is -0.361 e. The quantitative estimate of drug-likeness (QED) is 0.897. The summed E-state index contributed by atoms with van der Waals surface area (Å²) in [5.74, 6) is 0.796. The SMILES string of the molecule is Cc1cc(CNC2CCCC(S(C)(=O)=O)C2)no1. The fourth-order valence-electron chi connectivity index (χ4n) is 2.47. The van der Waals surface area contributed by atoms with Gasteiger partial charge in [-0.25, -0.2) is 8.42 Å². The standard InChI is InChI=1S/C12H20N2O3S/c1-9-6-11(14-17-9)8-13-10-4-3-5-12(7-10)18(2,15)16/h6,10,12-13H,3-5,7-8H2,1-2H3. The lowest BCUT2D eigenvalue weighted by Crippen LogP contribution is -2.38. The molecule has 0 radical (unpaired) electrons. The smallest absolute Gasteiger partial charge is 0.150 e. The number of nitrogens with zero attached hydrogens (tertiary/aromatic N) is 1. The maximum Gasteiger partial charge on any atom is 0.150 e. The second-order valence-electron chi connectivity index (χ2n) is 5.12. The molecule has 1 N–H and O–H groups in total. The molecule has 1 saturated carbocycles. The third-order valence-corrected chi connectivity index (χ3v) is 5.12. The first kappa shape index (κ1) is 13.5. The number of rotatable bonds is 4. The Morgan fingerprint density at radius 3 is 2.89 bits per heavy atom. The summed E-state index contributed by atoms with van der Waals surface area (Å²) in [6.07, 6.45) is 4.83. The molecule has 1 aromatic rings. The summed E-state index contributed by atoms with van der Waals surface area (Å²) in [6.45, 7) is 2.50. The molecular formula is C12H20N2O3S. The Morgan fingerprint density at radius 2 is 2.28 bits per heavy atom. The number of aromatic nitrogens is 1. The molecule has 2 unspecified atom stereocenters. The number of hydrogen-bond donors (Lipinski definition) is 1. The van der Waals surface area contributed by atoms with E-state index in [0.29, 0.717) is 13.0 Å². The molecule has 18 heavy (non-hydrogen) atoms. The lowest BCUT2D eigenvalue weighted by molar-refractivity contribution is 0.357. The highest BCUT2D eigenvalue weighted by atomic mass is 32.2. The molecule has 6 heteroatoms. The Balaban J connectivity index is 1.86. The van der Waals surface area contributed by atoms with E-state index in [1.165, 1.54) is 6.26 Å². The molecule has 0 saturated heterocycles. The van der Waals surface area contributed by atoms with E-state index in [4.69, 9.17) is 4.52 Å². The van der Waals surface area contributed by atoms with Gasteiger partial charge in [0.25, 0.3) is 0 Å². The number of aryl methyl sites for hydroxylation is 1. The Hall–Kier alpha value is -0.880. The zero-order chi connectivity index (χ0) is 13.2. The normalized spacial score (nSPS) is 25.2. The Bertz CT molecular complexity index is 495. The van der Waals surface area contributed by atoms with E-state index < -0.39 is 9.84 Å². The van der Waals surface area contributed by atoms with Crippen LogP contribution in [0.2, 0.25) is 0 Å². The van der Waals surface area contributed by atoms with E-state index in [2.05, 4.69) is 10.5 Å². The fourth-order valence-corrected chi connectivity index (χ4v) is 3.65. The van der Waals surface area contributed by atoms with Crippen LogP contribution in [-0.2, 0) is 16.4 Å². The third-order valence-electron chi connectivity index (χ3n) is 3.48. The summed E-state index contributed by atoms with van der Waals surface area (Å²) in [7, 11) is -2.91. The van der Waals surface area contributed by atoms with Crippen molar-refractivity contribution in [3.8, 4) is 0 Å². The number of nitrogens with one attached hydrogen (secondary N) is 1. The van der Waals surface area contributed by atoms with Crippen LogP contribution >= 0.6 is 0 Å². The molecule has 5 nitrogen and oxygen atoms in total. The van der Waals surface area contributed by atoms with Crippen molar-refractivity contribution in [3.05, 3.63) is 17.5 Å². The molecule has 0 aliphatic heterocycles. The van der Waals surface area contributed by atoms with E-state index in [-0.39, 0.29) is 11.3 Å². The zero-order valence-electron chi connectivity index (χ0n) is 10.8. The van der Waals surface area contributed by atoms with Crippen molar-refractivity contribution in [2.24, 2.45) is 0 Å². The van der Waals surface area contributed by atoms with Crippen LogP contribution < -0.4 is 5.32 Å². The van der Waals surface area contributed by atoms with Crippen molar-refractivity contribution in [2.45, 2.75) is 50.4 Å². The minimum atomic E-state index is -2.91. The van der Waals surface area contributed by atoms with E-state index in [9.17, 15) is 8.42 Å². The van der Waals surface area contributed by atoms with Crippen LogP contribution in [0.3, 0.4) is 0 Å². The van der Waals surface area contributed by atoms with Crippen LogP contribution in [-0.4, -0.2) is 31.1 Å². The minimum absolute atomic E-state index is 0.192. The van der Waals surface area contributed by atoms with Crippen molar-refractivity contribution in [1.82, 2.24) is 10.5 Å². The summed E-state index contributed by atoms with van der Waals surface area (Å²) in [4.78, 5) is 0. The van der Waals surface area contributed by atoms with Crippen molar-refractivity contribution < 1.29 is 12.9 Å². The van der Waals surface area contributed by atoms with Gasteiger partial charge in [-0.15, -0.1) is 0 Å². The maximum absolute atomic E-state index is 11.6. The summed E-state index contributed by atoms with van der Waals surface area (Å²) in [5.41, 5.74) is 0.869. The molecule has 102 valence electrons. The van der Waals surface area contributed by atoms with Gasteiger partial charge in [0.05, 0.1) is 10.9 Å². The van der Waals surface area contributed by atoms with Crippen LogP contribution in [0.25, 0.3) is 0 Å². The van der Waals surface area contributed by atoms with Gasteiger partial charge in [0.15, 0.2) is 0 Å². The molecule has 1 aliphatic rings. The van der Waals surface area contributed by atoms with Gasteiger partial charge in [0.2, 0.25) is 0 Å². The van der Waals surface area contributed by atoms with Crippen LogP contribution in [0.5, 0.6) is 0 Å². The molecule has 1 aliphatic carbocycles. The van der Waals surface area contributed by atoms with Crippen LogP contribution in [0.15, 0.2) is 10.6 Å². The second-order valence-corrected chi connectivity index (χ2v) is 7.45. The first-order valence-corrected chi connectivity index (χ1v) is 8.25. The highest BCUT2D eigenvalue weighted by molar-refractivity contribution is 7.91. The van der Waals surface area contributed by atoms with Gasteiger partial charge in [-0.3, -0.25) is 0 Å². The third kappa shape index (κ3) is 3.55. The van der Waals surface area contributed by atoms with Gasteiger partial charge >= 0.3 is 0 Å². The average Bonchev–Trinajstić information content (AvgIpc) is 2.72. The van der Waals surface area contributed by atoms with E-state index in [0.717, 1.165) is 30.7 Å². The second kappa shape index (κ2) is 5.40. The fraction of sp³-hybridized carbons (Fsp3) is 0.750. The average molecular weight is 272 g/mol. The first-order chi connectivity index (χ1) is 8.45. The van der Waals surface area contributed by atoms with Crippen LogP contribution in [0, 0.1) is 6.92 Å². The molecule has 0 bridgehead atoms. The van der Waals surface area contributed by atoms with Gasteiger partial charge in [-0.2, -0.15) is 0 Å². The molecule has 2 rings (SSSR count). The van der Waals surface area contributed by atoms with E-state index in [1.54, 1.807) is 0 Å². The van der Waals surface area contributed by atoms with E-state index >= 15 is 0 Å². The van der Waals surface area contributed by atoms with Gasteiger partial charge < -0.3 is 9.84 Å². The van der Waals surface area contributed by atoms with Gasteiger partial charge in [-0.05, 0) is 26.2 Å². The maximum atomic E-state index is 11.6.